The van der Waals surface area contributed by atoms with E-state index in [9.17, 15) is 13.2 Å². The maximum absolute atomic E-state index is 12.6. The molecule has 0 saturated carbocycles. The average molecular weight is 347 g/mol. The van der Waals surface area contributed by atoms with Crippen molar-refractivity contribution in [1.82, 2.24) is 9.88 Å². The molecule has 120 valence electrons. The van der Waals surface area contributed by atoms with Crippen molar-refractivity contribution < 1.29 is 13.2 Å². The Bertz CT molecular complexity index is 589. The van der Waals surface area contributed by atoms with Crippen LogP contribution in [-0.4, -0.2) is 29.5 Å². The molecule has 0 aliphatic carbocycles. The maximum atomic E-state index is 12.6. The van der Waals surface area contributed by atoms with Crippen molar-refractivity contribution in [1.29, 1.82) is 0 Å². The number of aromatic nitrogens is 1. The average Bonchev–Trinajstić information content (AvgIpc) is 3.22. The van der Waals surface area contributed by atoms with Gasteiger partial charge in [-0.2, -0.15) is 13.2 Å². The zero-order chi connectivity index (χ0) is 15.6. The van der Waals surface area contributed by atoms with Gasteiger partial charge in [0.05, 0.1) is 12.2 Å². The number of hydrogen-bond donors (Lipinski definition) is 1. The molecule has 0 spiro atoms. The lowest BCUT2D eigenvalue weighted by Gasteiger charge is -2.26. The monoisotopic (exact) mass is 347 g/mol. The number of alkyl halides is 3. The number of halogens is 3. The minimum absolute atomic E-state index is 0.195. The Morgan fingerprint density at radius 1 is 1.32 bits per heavy atom. The quantitative estimate of drug-likeness (QED) is 0.865. The van der Waals surface area contributed by atoms with Gasteiger partial charge in [-0.15, -0.1) is 11.3 Å². The van der Waals surface area contributed by atoms with E-state index in [1.54, 1.807) is 11.3 Å². The van der Waals surface area contributed by atoms with Gasteiger partial charge in [0, 0.05) is 11.4 Å². The molecule has 3 heterocycles. The summed E-state index contributed by atoms with van der Waals surface area (Å²) in [6, 6.07) is 4.28. The fraction of sp³-hybridized carbons (Fsp3) is 0.500. The molecule has 8 heteroatoms. The standard InChI is InChI=1S/C14H16F3N3S2/c15-14(16,17)12-9-19-13(22-12)18-8-10(11-4-3-7-21-11)20-5-1-2-6-20/h3-4,7,9-10H,1-2,5-6,8H2,(H,18,19). The molecule has 1 atom stereocenters. The topological polar surface area (TPSA) is 28.2 Å². The van der Waals surface area contributed by atoms with Crippen LogP contribution in [0.15, 0.2) is 23.7 Å². The first kappa shape index (κ1) is 15.8. The molecule has 0 radical (unpaired) electrons. The van der Waals surface area contributed by atoms with Crippen LogP contribution < -0.4 is 5.32 Å². The van der Waals surface area contributed by atoms with E-state index < -0.39 is 11.1 Å². The number of likely N-dealkylation sites (tertiary alicyclic amines) is 1. The Morgan fingerprint density at radius 2 is 2.09 bits per heavy atom. The summed E-state index contributed by atoms with van der Waals surface area (Å²) in [5.74, 6) is 0. The minimum atomic E-state index is -4.32. The summed E-state index contributed by atoms with van der Waals surface area (Å²) in [6.07, 6.45) is -1.07. The number of rotatable bonds is 5. The van der Waals surface area contributed by atoms with Gasteiger partial charge < -0.3 is 5.32 Å². The fourth-order valence-electron chi connectivity index (χ4n) is 2.61. The summed E-state index contributed by atoms with van der Waals surface area (Å²) in [5.41, 5.74) is 0. The van der Waals surface area contributed by atoms with E-state index >= 15 is 0 Å². The molecule has 1 saturated heterocycles. The molecule has 2 aromatic rings. The highest BCUT2D eigenvalue weighted by Gasteiger charge is 2.33. The molecular weight excluding hydrogens is 331 g/mol. The Balaban J connectivity index is 1.67. The van der Waals surface area contributed by atoms with Crippen molar-refractivity contribution in [3.05, 3.63) is 33.5 Å². The van der Waals surface area contributed by atoms with E-state index in [4.69, 9.17) is 0 Å². The molecule has 22 heavy (non-hydrogen) atoms. The minimum Gasteiger partial charge on any atom is -0.360 e. The predicted octanol–water partition coefficient (Wildman–Crippen LogP) is 4.47. The molecule has 3 nitrogen and oxygen atoms in total. The van der Waals surface area contributed by atoms with Gasteiger partial charge in [-0.1, -0.05) is 17.4 Å². The van der Waals surface area contributed by atoms with Crippen LogP contribution in [-0.2, 0) is 6.18 Å². The van der Waals surface area contributed by atoms with E-state index in [-0.39, 0.29) is 6.04 Å². The molecule has 2 aromatic heterocycles. The third-order valence-electron chi connectivity index (χ3n) is 3.68. The van der Waals surface area contributed by atoms with Crippen LogP contribution in [0.5, 0.6) is 0 Å². The van der Waals surface area contributed by atoms with Crippen LogP contribution in [0.2, 0.25) is 0 Å². The molecular formula is C14H16F3N3S2. The molecule has 1 fully saturated rings. The number of nitrogens with zero attached hydrogens (tertiary/aromatic N) is 2. The Hall–Kier alpha value is -1.12. The van der Waals surface area contributed by atoms with Crippen molar-refractivity contribution in [2.24, 2.45) is 0 Å². The normalized spacial score (nSPS) is 17.8. The third kappa shape index (κ3) is 3.61. The highest BCUT2D eigenvalue weighted by atomic mass is 32.1. The summed E-state index contributed by atoms with van der Waals surface area (Å²) in [7, 11) is 0. The second-order valence-corrected chi connectivity index (χ2v) is 7.19. The highest BCUT2D eigenvalue weighted by Crippen LogP contribution is 2.35. The van der Waals surface area contributed by atoms with Crippen LogP contribution in [0.3, 0.4) is 0 Å². The van der Waals surface area contributed by atoms with Crippen molar-refractivity contribution >= 4 is 27.8 Å². The predicted molar refractivity (Wildman–Crippen MR) is 83.5 cm³/mol. The van der Waals surface area contributed by atoms with Gasteiger partial charge in [0.2, 0.25) is 0 Å². The van der Waals surface area contributed by atoms with E-state index in [1.165, 1.54) is 17.7 Å². The summed E-state index contributed by atoms with van der Waals surface area (Å²) >= 11 is 2.34. The highest BCUT2D eigenvalue weighted by molar-refractivity contribution is 7.15. The lowest BCUT2D eigenvalue weighted by molar-refractivity contribution is -0.134. The molecule has 1 N–H and O–H groups in total. The number of hydrogen-bond acceptors (Lipinski definition) is 5. The largest absolute Gasteiger partial charge is 0.427 e. The van der Waals surface area contributed by atoms with Gasteiger partial charge >= 0.3 is 6.18 Å². The van der Waals surface area contributed by atoms with Crippen LogP contribution in [0.25, 0.3) is 0 Å². The lowest BCUT2D eigenvalue weighted by Crippen LogP contribution is -2.30. The molecule has 0 bridgehead atoms. The third-order valence-corrected chi connectivity index (χ3v) is 5.66. The van der Waals surface area contributed by atoms with Crippen LogP contribution in [0.1, 0.15) is 28.6 Å². The van der Waals surface area contributed by atoms with Crippen molar-refractivity contribution in [2.45, 2.75) is 25.1 Å². The van der Waals surface area contributed by atoms with E-state index in [0.717, 1.165) is 19.3 Å². The molecule has 1 aliphatic rings. The number of nitrogens with one attached hydrogen (secondary N) is 1. The zero-order valence-corrected chi connectivity index (χ0v) is 13.4. The van der Waals surface area contributed by atoms with Gasteiger partial charge in [0.1, 0.15) is 4.88 Å². The first-order chi connectivity index (χ1) is 10.5. The Labute approximate surface area is 134 Å². The SMILES string of the molecule is FC(F)(F)c1cnc(NCC(c2cccs2)N2CCCC2)s1. The second-order valence-electron chi connectivity index (χ2n) is 5.18. The number of anilines is 1. The van der Waals surface area contributed by atoms with Crippen molar-refractivity contribution in [2.75, 3.05) is 25.0 Å². The van der Waals surface area contributed by atoms with Gasteiger partial charge in [-0.3, -0.25) is 4.90 Å². The number of thiophene rings is 1. The molecule has 0 aromatic carbocycles. The Morgan fingerprint density at radius 3 is 2.68 bits per heavy atom. The van der Waals surface area contributed by atoms with Gasteiger partial charge in [0.15, 0.2) is 5.13 Å². The molecule has 1 aliphatic heterocycles. The second kappa shape index (κ2) is 6.55. The fourth-order valence-corrected chi connectivity index (χ4v) is 4.17. The van der Waals surface area contributed by atoms with Crippen molar-refractivity contribution in [3.63, 3.8) is 0 Å². The zero-order valence-electron chi connectivity index (χ0n) is 11.8. The molecule has 0 amide bonds. The number of thiazole rings is 1. The van der Waals surface area contributed by atoms with E-state index in [2.05, 4.69) is 21.3 Å². The van der Waals surface area contributed by atoms with Gasteiger partial charge in [0.25, 0.3) is 0 Å². The van der Waals surface area contributed by atoms with Gasteiger partial charge in [-0.25, -0.2) is 4.98 Å². The maximum Gasteiger partial charge on any atom is 0.427 e. The molecule has 3 rings (SSSR count). The summed E-state index contributed by atoms with van der Waals surface area (Å²) < 4.78 is 37.8. The van der Waals surface area contributed by atoms with Crippen LogP contribution in [0.4, 0.5) is 18.3 Å². The smallest absolute Gasteiger partial charge is 0.360 e. The van der Waals surface area contributed by atoms with Crippen molar-refractivity contribution in [3.8, 4) is 0 Å². The van der Waals surface area contributed by atoms with Crippen LogP contribution >= 0.6 is 22.7 Å². The summed E-state index contributed by atoms with van der Waals surface area (Å²) in [4.78, 5) is 6.80. The molecule has 1 unspecified atom stereocenters. The van der Waals surface area contributed by atoms with E-state index in [1.807, 2.05) is 11.4 Å². The first-order valence-electron chi connectivity index (χ1n) is 7.08. The lowest BCUT2D eigenvalue weighted by atomic mass is 10.2. The van der Waals surface area contributed by atoms with E-state index in [0.29, 0.717) is 23.0 Å². The summed E-state index contributed by atoms with van der Waals surface area (Å²) in [5, 5.41) is 5.43. The van der Waals surface area contributed by atoms with Gasteiger partial charge in [-0.05, 0) is 37.4 Å². The Kier molecular flexibility index (Phi) is 4.70. The van der Waals surface area contributed by atoms with Crippen LogP contribution in [0, 0.1) is 0 Å². The summed E-state index contributed by atoms with van der Waals surface area (Å²) in [6.45, 7) is 2.65. The first-order valence-corrected chi connectivity index (χ1v) is 8.78.